The van der Waals surface area contributed by atoms with Gasteiger partial charge >= 0.3 is 0 Å². The number of hydrogen-bond donors (Lipinski definition) is 1. The summed E-state index contributed by atoms with van der Waals surface area (Å²) < 4.78 is 6.09. The van der Waals surface area contributed by atoms with Crippen LogP contribution < -0.4 is 0 Å². The Kier molecular flexibility index (Phi) is 4.86. The molecule has 1 heterocycles. The van der Waals surface area contributed by atoms with Crippen molar-refractivity contribution in [2.24, 2.45) is 11.3 Å². The number of ketones is 2. The molecule has 0 fully saturated rings. The van der Waals surface area contributed by atoms with E-state index in [1.165, 1.54) is 0 Å². The number of rotatable bonds is 4. The third kappa shape index (κ3) is 3.35. The first-order chi connectivity index (χ1) is 11.4. The molecular weight excluding hydrogens is 316 g/mol. The summed E-state index contributed by atoms with van der Waals surface area (Å²) in [6.45, 7) is 13.0. The molecule has 136 valence electrons. The molecular formula is C21H28O4. The average molecular weight is 344 g/mol. The molecule has 0 aromatic heterocycles. The maximum absolute atomic E-state index is 13.3. The lowest BCUT2D eigenvalue weighted by Gasteiger charge is -2.41. The summed E-state index contributed by atoms with van der Waals surface area (Å²) in [7, 11) is 0. The second kappa shape index (κ2) is 6.32. The number of aliphatic hydroxyl groups is 1. The van der Waals surface area contributed by atoms with Gasteiger partial charge in [0.1, 0.15) is 22.7 Å². The normalized spacial score (nSPS) is 25.0. The highest BCUT2D eigenvalue weighted by molar-refractivity contribution is 6.24. The zero-order chi connectivity index (χ0) is 19.2. The van der Waals surface area contributed by atoms with E-state index in [1.807, 2.05) is 39.8 Å². The van der Waals surface area contributed by atoms with E-state index in [2.05, 4.69) is 0 Å². The quantitative estimate of drug-likeness (QED) is 0.598. The molecule has 0 saturated heterocycles. The summed E-state index contributed by atoms with van der Waals surface area (Å²) in [6, 6.07) is 0. The Labute approximate surface area is 149 Å². The molecule has 0 spiro atoms. The molecule has 1 unspecified atom stereocenters. The smallest absolute Gasteiger partial charge is 0.183 e. The molecule has 1 aliphatic carbocycles. The molecule has 25 heavy (non-hydrogen) atoms. The Morgan fingerprint density at radius 3 is 2.40 bits per heavy atom. The summed E-state index contributed by atoms with van der Waals surface area (Å²) in [6.07, 6.45) is 5.97. The topological polar surface area (TPSA) is 63.6 Å². The van der Waals surface area contributed by atoms with Gasteiger partial charge in [0, 0.05) is 5.92 Å². The van der Waals surface area contributed by atoms with Crippen molar-refractivity contribution in [2.75, 3.05) is 0 Å². The minimum atomic E-state index is -1.01. The van der Waals surface area contributed by atoms with Gasteiger partial charge in [-0.05, 0) is 53.2 Å². The van der Waals surface area contributed by atoms with Crippen molar-refractivity contribution in [3.05, 3.63) is 46.5 Å². The van der Waals surface area contributed by atoms with Crippen LogP contribution >= 0.6 is 0 Å². The highest BCUT2D eigenvalue weighted by atomic mass is 16.5. The van der Waals surface area contributed by atoms with Gasteiger partial charge in [-0.3, -0.25) is 9.59 Å². The minimum Gasteiger partial charge on any atom is -0.506 e. The number of ether oxygens (including phenoxy) is 1. The number of Topliss-reactive ketones (excluding diaryl/α,β-unsaturated/α-hetero) is 2. The molecule has 0 aromatic carbocycles. The summed E-state index contributed by atoms with van der Waals surface area (Å²) in [4.78, 5) is 25.9. The summed E-state index contributed by atoms with van der Waals surface area (Å²) in [5.41, 5.74) is -0.178. The van der Waals surface area contributed by atoms with Gasteiger partial charge in [-0.15, -0.1) is 0 Å². The zero-order valence-corrected chi connectivity index (χ0v) is 16.2. The molecule has 1 N–H and O–H groups in total. The predicted octanol–water partition coefficient (Wildman–Crippen LogP) is 4.59. The Morgan fingerprint density at radius 1 is 1.28 bits per heavy atom. The molecule has 4 nitrogen and oxygen atoms in total. The summed E-state index contributed by atoms with van der Waals surface area (Å²) in [5, 5.41) is 10.7. The Morgan fingerprint density at radius 2 is 1.88 bits per heavy atom. The molecule has 0 saturated carbocycles. The van der Waals surface area contributed by atoms with Crippen LogP contribution in [0.5, 0.6) is 0 Å². The third-order valence-electron chi connectivity index (χ3n) is 4.67. The van der Waals surface area contributed by atoms with Gasteiger partial charge in [-0.25, -0.2) is 0 Å². The Hall–Kier alpha value is -2.10. The fourth-order valence-electron chi connectivity index (χ4n) is 3.04. The molecule has 1 atom stereocenters. The van der Waals surface area contributed by atoms with Gasteiger partial charge in [0.2, 0.25) is 0 Å². The van der Waals surface area contributed by atoms with E-state index < -0.39 is 11.0 Å². The summed E-state index contributed by atoms with van der Waals surface area (Å²) >= 11 is 0. The van der Waals surface area contributed by atoms with Crippen LogP contribution in [0.15, 0.2) is 46.5 Å². The van der Waals surface area contributed by atoms with E-state index in [-0.39, 0.29) is 28.8 Å². The molecule has 2 rings (SSSR count). The van der Waals surface area contributed by atoms with E-state index in [4.69, 9.17) is 4.74 Å². The van der Waals surface area contributed by atoms with Crippen molar-refractivity contribution in [1.82, 2.24) is 0 Å². The highest BCUT2D eigenvalue weighted by Crippen LogP contribution is 2.48. The second-order valence-corrected chi connectivity index (χ2v) is 8.17. The molecule has 0 aromatic rings. The lowest BCUT2D eigenvalue weighted by atomic mass is 9.69. The first-order valence-electron chi connectivity index (χ1n) is 8.69. The first-order valence-corrected chi connectivity index (χ1v) is 8.69. The lowest BCUT2D eigenvalue weighted by molar-refractivity contribution is -0.129. The van der Waals surface area contributed by atoms with Crippen molar-refractivity contribution in [3.8, 4) is 0 Å². The van der Waals surface area contributed by atoms with Crippen LogP contribution in [0.25, 0.3) is 0 Å². The number of hydrogen-bond acceptors (Lipinski definition) is 4. The van der Waals surface area contributed by atoms with Gasteiger partial charge in [0.25, 0.3) is 0 Å². The standard InChI is InChI=1S/C21H28O4/c1-12(2)8-11-21(7)18(24)15(16(22)13(3)4)17(23)14-9-10-20(5,6)25-19(14)21/h8-10,13,23H,11H2,1-7H3. The number of allylic oxidation sites excluding steroid dienone is 5. The molecule has 4 heteroatoms. The van der Waals surface area contributed by atoms with Crippen LogP contribution in [0.2, 0.25) is 0 Å². The van der Waals surface area contributed by atoms with Gasteiger partial charge in [0.15, 0.2) is 11.6 Å². The monoisotopic (exact) mass is 344 g/mol. The van der Waals surface area contributed by atoms with Crippen molar-refractivity contribution >= 4 is 11.6 Å². The Bertz CT molecular complexity index is 740. The van der Waals surface area contributed by atoms with E-state index in [1.54, 1.807) is 26.8 Å². The van der Waals surface area contributed by atoms with Crippen molar-refractivity contribution in [2.45, 2.75) is 60.5 Å². The van der Waals surface area contributed by atoms with Crippen LogP contribution in [-0.4, -0.2) is 22.3 Å². The fourth-order valence-corrected chi connectivity index (χ4v) is 3.04. The number of aliphatic hydroxyl groups excluding tert-OH is 1. The molecule has 1 aliphatic heterocycles. The fraction of sp³-hybridized carbons (Fsp3) is 0.524. The SMILES string of the molecule is CC(C)=CCC1(C)C(=O)C(C(=O)C(C)C)=C(O)C2=C1OC(C)(C)C=C2. The zero-order valence-electron chi connectivity index (χ0n) is 16.2. The molecule has 0 bridgehead atoms. The minimum absolute atomic E-state index is 0.105. The van der Waals surface area contributed by atoms with Crippen LogP contribution in [0, 0.1) is 11.3 Å². The molecule has 0 amide bonds. The van der Waals surface area contributed by atoms with Gasteiger partial charge in [-0.2, -0.15) is 0 Å². The highest BCUT2D eigenvalue weighted by Gasteiger charge is 2.50. The molecule has 2 aliphatic rings. The predicted molar refractivity (Wildman–Crippen MR) is 98.0 cm³/mol. The Balaban J connectivity index is 2.71. The van der Waals surface area contributed by atoms with Crippen LogP contribution in [0.3, 0.4) is 0 Å². The van der Waals surface area contributed by atoms with E-state index in [9.17, 15) is 14.7 Å². The lowest BCUT2D eigenvalue weighted by Crippen LogP contribution is -2.43. The largest absolute Gasteiger partial charge is 0.506 e. The van der Waals surface area contributed by atoms with Crippen molar-refractivity contribution < 1.29 is 19.4 Å². The van der Waals surface area contributed by atoms with Crippen LogP contribution in [0.1, 0.15) is 54.9 Å². The van der Waals surface area contributed by atoms with E-state index in [0.717, 1.165) is 5.57 Å². The van der Waals surface area contributed by atoms with Crippen molar-refractivity contribution in [3.63, 3.8) is 0 Å². The maximum Gasteiger partial charge on any atom is 0.183 e. The van der Waals surface area contributed by atoms with Crippen molar-refractivity contribution in [1.29, 1.82) is 0 Å². The van der Waals surface area contributed by atoms with E-state index in [0.29, 0.717) is 17.8 Å². The van der Waals surface area contributed by atoms with Crippen LogP contribution in [0.4, 0.5) is 0 Å². The summed E-state index contributed by atoms with van der Waals surface area (Å²) in [5.74, 6) is -0.900. The number of carbonyl (C=O) groups excluding carboxylic acids is 2. The van der Waals surface area contributed by atoms with Gasteiger partial charge < -0.3 is 9.84 Å². The van der Waals surface area contributed by atoms with Gasteiger partial charge in [0.05, 0.1) is 11.0 Å². The molecule has 0 radical (unpaired) electrons. The average Bonchev–Trinajstić information content (AvgIpc) is 2.50. The van der Waals surface area contributed by atoms with E-state index >= 15 is 0 Å². The van der Waals surface area contributed by atoms with Crippen LogP contribution in [-0.2, 0) is 14.3 Å². The second-order valence-electron chi connectivity index (χ2n) is 8.17. The maximum atomic E-state index is 13.3. The first kappa shape index (κ1) is 19.2. The number of carbonyl (C=O) groups is 2. The van der Waals surface area contributed by atoms with Gasteiger partial charge in [-0.1, -0.05) is 25.5 Å². The third-order valence-corrected chi connectivity index (χ3v) is 4.67.